The lowest BCUT2D eigenvalue weighted by Gasteiger charge is -2.11. The van der Waals surface area contributed by atoms with Crippen molar-refractivity contribution >= 4 is 21.9 Å². The minimum Gasteiger partial charge on any atom is -0.496 e. The number of hydrogen-bond acceptors (Lipinski definition) is 3. The Morgan fingerprint density at radius 1 is 1.50 bits per heavy atom. The quantitative estimate of drug-likeness (QED) is 0.632. The molecular formula is C11H12BrFO3. The number of carbonyl (C=O) groups is 1. The van der Waals surface area contributed by atoms with Crippen LogP contribution in [0, 0.1) is 5.82 Å². The molecule has 0 spiro atoms. The molecule has 0 radical (unpaired) electrons. The zero-order chi connectivity index (χ0) is 12.1. The fraction of sp³-hybridized carbons (Fsp3) is 0.364. The Hall–Kier alpha value is -1.10. The monoisotopic (exact) mass is 290 g/mol. The van der Waals surface area contributed by atoms with Crippen molar-refractivity contribution in [2.45, 2.75) is 12.3 Å². The van der Waals surface area contributed by atoms with E-state index in [-0.39, 0.29) is 12.2 Å². The van der Waals surface area contributed by atoms with Crippen LogP contribution < -0.4 is 4.74 Å². The zero-order valence-electron chi connectivity index (χ0n) is 9.05. The molecule has 3 nitrogen and oxygen atoms in total. The second-order valence-electron chi connectivity index (χ2n) is 2.99. The Balaban J connectivity index is 3.24. The molecule has 0 amide bonds. The number of methoxy groups -OCH3 is 1. The maximum atomic E-state index is 13.2. The third kappa shape index (κ3) is 2.72. The maximum absolute atomic E-state index is 13.2. The maximum Gasteiger partial charge on any atom is 0.338 e. The Labute approximate surface area is 102 Å². The predicted molar refractivity (Wildman–Crippen MR) is 61.5 cm³/mol. The van der Waals surface area contributed by atoms with Crippen LogP contribution in [-0.2, 0) is 10.1 Å². The molecule has 5 heteroatoms. The first-order valence-corrected chi connectivity index (χ1v) is 5.85. The van der Waals surface area contributed by atoms with Crippen LogP contribution in [0.4, 0.5) is 4.39 Å². The number of esters is 1. The first-order chi connectivity index (χ1) is 7.63. The van der Waals surface area contributed by atoms with E-state index < -0.39 is 11.8 Å². The highest BCUT2D eigenvalue weighted by atomic mass is 79.9. The second kappa shape index (κ2) is 5.84. The van der Waals surface area contributed by atoms with E-state index in [0.29, 0.717) is 16.6 Å². The van der Waals surface area contributed by atoms with Gasteiger partial charge in [-0.1, -0.05) is 15.9 Å². The Bertz CT molecular complexity index is 393. The lowest BCUT2D eigenvalue weighted by atomic mass is 10.1. The minimum atomic E-state index is -0.547. The molecule has 0 bridgehead atoms. The first kappa shape index (κ1) is 13.0. The molecule has 0 aliphatic carbocycles. The van der Waals surface area contributed by atoms with E-state index in [1.807, 2.05) is 0 Å². The van der Waals surface area contributed by atoms with Gasteiger partial charge in [-0.05, 0) is 13.0 Å². The fourth-order valence-corrected chi connectivity index (χ4v) is 1.90. The van der Waals surface area contributed by atoms with Crippen LogP contribution in [0.1, 0.15) is 22.8 Å². The van der Waals surface area contributed by atoms with Crippen molar-refractivity contribution in [3.05, 3.63) is 29.1 Å². The Morgan fingerprint density at radius 2 is 2.19 bits per heavy atom. The van der Waals surface area contributed by atoms with Crippen LogP contribution >= 0.6 is 15.9 Å². The smallest absolute Gasteiger partial charge is 0.338 e. The van der Waals surface area contributed by atoms with Crippen molar-refractivity contribution in [3.8, 4) is 5.75 Å². The summed E-state index contributed by atoms with van der Waals surface area (Å²) in [6, 6.07) is 2.39. The third-order valence-corrected chi connectivity index (χ3v) is 2.58. The molecule has 0 heterocycles. The van der Waals surface area contributed by atoms with Gasteiger partial charge in [0.1, 0.15) is 11.6 Å². The largest absolute Gasteiger partial charge is 0.496 e. The van der Waals surface area contributed by atoms with Crippen molar-refractivity contribution in [1.82, 2.24) is 0 Å². The normalized spacial score (nSPS) is 10.0. The molecule has 1 rings (SSSR count). The van der Waals surface area contributed by atoms with Gasteiger partial charge in [0, 0.05) is 17.0 Å². The van der Waals surface area contributed by atoms with Crippen molar-refractivity contribution < 1.29 is 18.7 Å². The molecular weight excluding hydrogens is 279 g/mol. The van der Waals surface area contributed by atoms with E-state index in [4.69, 9.17) is 9.47 Å². The van der Waals surface area contributed by atoms with E-state index in [9.17, 15) is 9.18 Å². The highest BCUT2D eigenvalue weighted by Gasteiger charge is 2.17. The van der Waals surface area contributed by atoms with Crippen molar-refractivity contribution in [2.75, 3.05) is 13.7 Å². The SMILES string of the molecule is CCOC(=O)c1cc(F)cc(OC)c1CBr. The van der Waals surface area contributed by atoms with Gasteiger partial charge < -0.3 is 9.47 Å². The lowest BCUT2D eigenvalue weighted by molar-refractivity contribution is 0.0524. The number of ether oxygens (including phenoxy) is 2. The number of halogens is 2. The van der Waals surface area contributed by atoms with E-state index in [1.54, 1.807) is 6.92 Å². The van der Waals surface area contributed by atoms with Gasteiger partial charge in [-0.2, -0.15) is 0 Å². The fourth-order valence-electron chi connectivity index (χ4n) is 1.32. The van der Waals surface area contributed by atoms with Gasteiger partial charge in [0.15, 0.2) is 0 Å². The molecule has 0 saturated heterocycles. The summed E-state index contributed by atoms with van der Waals surface area (Å²) in [5.41, 5.74) is 0.776. The van der Waals surface area contributed by atoms with Crippen molar-refractivity contribution in [2.24, 2.45) is 0 Å². The van der Waals surface area contributed by atoms with E-state index in [0.717, 1.165) is 6.07 Å². The first-order valence-electron chi connectivity index (χ1n) is 4.73. The molecule has 0 atom stereocenters. The van der Waals surface area contributed by atoms with Gasteiger partial charge in [0.05, 0.1) is 19.3 Å². The molecule has 0 aromatic heterocycles. The van der Waals surface area contributed by atoms with E-state index >= 15 is 0 Å². The molecule has 1 aromatic carbocycles. The summed E-state index contributed by atoms with van der Waals surface area (Å²) in [6.45, 7) is 1.95. The van der Waals surface area contributed by atoms with Crippen LogP contribution in [0.25, 0.3) is 0 Å². The molecule has 0 aliphatic rings. The zero-order valence-corrected chi connectivity index (χ0v) is 10.6. The third-order valence-electron chi connectivity index (χ3n) is 2.02. The number of alkyl halides is 1. The number of benzene rings is 1. The number of hydrogen-bond donors (Lipinski definition) is 0. The van der Waals surface area contributed by atoms with Gasteiger partial charge in [-0.3, -0.25) is 0 Å². The molecule has 1 aromatic rings. The van der Waals surface area contributed by atoms with Crippen LogP contribution in [0.15, 0.2) is 12.1 Å². The molecule has 0 saturated carbocycles. The summed E-state index contributed by atoms with van der Waals surface area (Å²) in [7, 11) is 1.43. The highest BCUT2D eigenvalue weighted by Crippen LogP contribution is 2.27. The molecule has 88 valence electrons. The van der Waals surface area contributed by atoms with Crippen LogP contribution in [0.5, 0.6) is 5.75 Å². The number of rotatable bonds is 4. The summed E-state index contributed by atoms with van der Waals surface area (Å²) >= 11 is 3.23. The minimum absolute atomic E-state index is 0.190. The van der Waals surface area contributed by atoms with Crippen molar-refractivity contribution in [1.29, 1.82) is 0 Å². The van der Waals surface area contributed by atoms with E-state index in [2.05, 4.69) is 15.9 Å². The second-order valence-corrected chi connectivity index (χ2v) is 3.55. The van der Waals surface area contributed by atoms with E-state index in [1.165, 1.54) is 13.2 Å². The highest BCUT2D eigenvalue weighted by molar-refractivity contribution is 9.08. The van der Waals surface area contributed by atoms with Gasteiger partial charge in [-0.15, -0.1) is 0 Å². The predicted octanol–water partition coefficient (Wildman–Crippen LogP) is 2.91. The van der Waals surface area contributed by atoms with Gasteiger partial charge in [-0.25, -0.2) is 9.18 Å². The Kier molecular flexibility index (Phi) is 4.73. The van der Waals surface area contributed by atoms with Gasteiger partial charge in [0.2, 0.25) is 0 Å². The molecule has 16 heavy (non-hydrogen) atoms. The molecule has 0 fully saturated rings. The summed E-state index contributed by atoms with van der Waals surface area (Å²) in [5, 5.41) is 0.393. The van der Waals surface area contributed by atoms with Crippen molar-refractivity contribution in [3.63, 3.8) is 0 Å². The molecule has 0 unspecified atom stereocenters. The van der Waals surface area contributed by atoms with Crippen LogP contribution in [0.3, 0.4) is 0 Å². The summed E-state index contributed by atoms with van der Waals surface area (Å²) < 4.78 is 23.1. The van der Waals surface area contributed by atoms with Gasteiger partial charge in [0.25, 0.3) is 0 Å². The summed E-state index contributed by atoms with van der Waals surface area (Å²) in [5.74, 6) is -0.737. The Morgan fingerprint density at radius 3 is 2.69 bits per heavy atom. The average molecular weight is 291 g/mol. The van der Waals surface area contributed by atoms with Crippen LogP contribution in [0.2, 0.25) is 0 Å². The number of carbonyl (C=O) groups excluding carboxylic acids is 1. The standard InChI is InChI=1S/C11H12BrFO3/c1-3-16-11(14)8-4-7(13)5-10(15-2)9(8)6-12/h4-5H,3,6H2,1-2H3. The average Bonchev–Trinajstić information content (AvgIpc) is 2.28. The molecule has 0 N–H and O–H groups in total. The molecule has 0 aliphatic heterocycles. The van der Waals surface area contributed by atoms with Gasteiger partial charge >= 0.3 is 5.97 Å². The van der Waals surface area contributed by atoms with Crippen LogP contribution in [-0.4, -0.2) is 19.7 Å². The summed E-state index contributed by atoms with van der Waals surface area (Å²) in [4.78, 5) is 11.6. The topological polar surface area (TPSA) is 35.5 Å². The lowest BCUT2D eigenvalue weighted by Crippen LogP contribution is -2.09. The summed E-state index contributed by atoms with van der Waals surface area (Å²) in [6.07, 6.45) is 0.